The van der Waals surface area contributed by atoms with Gasteiger partial charge in [0.15, 0.2) is 0 Å². The van der Waals surface area contributed by atoms with Crippen molar-refractivity contribution in [3.8, 4) is 0 Å². The number of quaternary nitrogens is 1. The minimum Gasteiger partial charge on any atom is -0.385 e. The molecule has 0 bridgehead atoms. The Labute approximate surface area is 127 Å². The Morgan fingerprint density at radius 1 is 1.38 bits per heavy atom. The fraction of sp³-hybridized carbons (Fsp3) is 0.933. The molecule has 0 aromatic carbocycles. The number of ether oxygens (including phenoxy) is 1. The molecule has 0 aromatic rings. The number of carbonyl (C=O) groups is 1. The second kappa shape index (κ2) is 7.05. The molecule has 0 radical (unpaired) electrons. The lowest BCUT2D eigenvalue weighted by molar-refractivity contribution is -0.904. The fourth-order valence-electron chi connectivity index (χ4n) is 2.55. The van der Waals surface area contributed by atoms with Crippen LogP contribution in [0.5, 0.6) is 0 Å². The second-order valence-electron chi connectivity index (χ2n) is 7.37. The van der Waals surface area contributed by atoms with E-state index in [1.165, 1.54) is 19.9 Å². The van der Waals surface area contributed by atoms with Crippen LogP contribution in [0, 0.1) is 5.41 Å². The van der Waals surface area contributed by atoms with Crippen LogP contribution in [0.1, 0.15) is 26.7 Å². The molecule has 3 N–H and O–H groups in total. The molecule has 1 fully saturated rings. The van der Waals surface area contributed by atoms with Gasteiger partial charge in [0, 0.05) is 25.3 Å². The van der Waals surface area contributed by atoms with Crippen molar-refractivity contribution >= 4 is 5.91 Å². The molecule has 1 aliphatic rings. The third kappa shape index (κ3) is 5.54. The third-order valence-electron chi connectivity index (χ3n) is 4.24. The van der Waals surface area contributed by atoms with E-state index in [1.54, 1.807) is 13.8 Å². The molecule has 1 rings (SSSR count). The molecular weight excluding hydrogens is 272 g/mol. The molecule has 0 heterocycles. The van der Waals surface area contributed by atoms with Gasteiger partial charge in [-0.3, -0.25) is 4.79 Å². The van der Waals surface area contributed by atoms with Crippen molar-refractivity contribution in [2.24, 2.45) is 5.41 Å². The maximum Gasteiger partial charge on any atom is 0.249 e. The number of amides is 1. The molecule has 21 heavy (non-hydrogen) atoms. The molecule has 0 aromatic heterocycles. The van der Waals surface area contributed by atoms with Crippen LogP contribution in [-0.4, -0.2) is 79.8 Å². The number of likely N-dealkylation sites (N-methyl/N-ethyl adjacent to an activating group) is 2. The normalized spacial score (nSPS) is 19.2. The van der Waals surface area contributed by atoms with Crippen LogP contribution in [0.25, 0.3) is 0 Å². The van der Waals surface area contributed by atoms with Gasteiger partial charge in [-0.15, -0.1) is 0 Å². The van der Waals surface area contributed by atoms with Crippen molar-refractivity contribution < 1.29 is 24.2 Å². The van der Waals surface area contributed by atoms with E-state index in [2.05, 4.69) is 19.4 Å². The highest BCUT2D eigenvalue weighted by Gasteiger charge is 2.39. The van der Waals surface area contributed by atoms with Crippen LogP contribution >= 0.6 is 0 Å². The van der Waals surface area contributed by atoms with Crippen LogP contribution in [0.15, 0.2) is 0 Å². The number of aliphatic hydroxyl groups is 2. The van der Waals surface area contributed by atoms with Gasteiger partial charge in [-0.2, -0.15) is 0 Å². The first-order valence-electron chi connectivity index (χ1n) is 7.58. The molecule has 2 unspecified atom stereocenters. The molecule has 1 amide bonds. The summed E-state index contributed by atoms with van der Waals surface area (Å²) in [5, 5.41) is 22.4. The van der Waals surface area contributed by atoms with Gasteiger partial charge in [0.2, 0.25) is 5.91 Å². The van der Waals surface area contributed by atoms with Gasteiger partial charge >= 0.3 is 0 Å². The fourth-order valence-corrected chi connectivity index (χ4v) is 2.55. The molecule has 124 valence electrons. The quantitative estimate of drug-likeness (QED) is 0.513. The Bertz CT molecular complexity index is 354. The molecular formula is C15H31N2O4+. The Hall–Kier alpha value is -0.690. The van der Waals surface area contributed by atoms with Gasteiger partial charge in [-0.05, 0) is 0 Å². The number of carbonyl (C=O) groups excluding carboxylic acids is 1. The summed E-state index contributed by atoms with van der Waals surface area (Å²) in [6.07, 6.45) is 0.796. The Morgan fingerprint density at radius 3 is 2.43 bits per heavy atom. The summed E-state index contributed by atoms with van der Waals surface area (Å²) in [6.45, 7) is 4.63. The van der Waals surface area contributed by atoms with Crippen molar-refractivity contribution in [1.82, 2.24) is 5.32 Å². The summed E-state index contributed by atoms with van der Waals surface area (Å²) in [6, 6.07) is 0.658. The van der Waals surface area contributed by atoms with Crippen molar-refractivity contribution in [1.29, 1.82) is 0 Å². The lowest BCUT2D eigenvalue weighted by Crippen LogP contribution is -2.49. The van der Waals surface area contributed by atoms with Gasteiger partial charge in [-0.25, -0.2) is 0 Å². The minimum absolute atomic E-state index is 0.218. The number of nitrogens with one attached hydrogen (secondary N) is 1. The first-order chi connectivity index (χ1) is 9.60. The summed E-state index contributed by atoms with van der Waals surface area (Å²) in [5.41, 5.74) is -0.694. The van der Waals surface area contributed by atoms with Gasteiger partial charge in [0.05, 0.1) is 33.4 Å². The highest BCUT2D eigenvalue weighted by Crippen LogP contribution is 2.30. The van der Waals surface area contributed by atoms with E-state index in [0.717, 1.165) is 4.48 Å². The third-order valence-corrected chi connectivity index (χ3v) is 4.24. The number of hydrogen-bond acceptors (Lipinski definition) is 4. The van der Waals surface area contributed by atoms with E-state index in [0.29, 0.717) is 12.6 Å². The molecule has 0 spiro atoms. The van der Waals surface area contributed by atoms with Crippen molar-refractivity contribution in [2.45, 2.75) is 44.9 Å². The van der Waals surface area contributed by atoms with Gasteiger partial charge in [0.25, 0.3) is 0 Å². The van der Waals surface area contributed by atoms with Crippen molar-refractivity contribution in [3.63, 3.8) is 0 Å². The van der Waals surface area contributed by atoms with E-state index >= 15 is 0 Å². The molecule has 0 aliphatic heterocycles. The average Bonchev–Trinajstić information content (AvgIpc) is 3.20. The van der Waals surface area contributed by atoms with E-state index in [4.69, 9.17) is 4.74 Å². The van der Waals surface area contributed by atoms with Crippen molar-refractivity contribution in [3.05, 3.63) is 0 Å². The van der Waals surface area contributed by atoms with Gasteiger partial charge in [-0.1, -0.05) is 13.8 Å². The molecule has 2 atom stereocenters. The summed E-state index contributed by atoms with van der Waals surface area (Å²) < 4.78 is 6.34. The Balaban J connectivity index is 2.33. The van der Waals surface area contributed by atoms with E-state index in [-0.39, 0.29) is 13.2 Å². The van der Waals surface area contributed by atoms with Gasteiger partial charge in [0.1, 0.15) is 18.8 Å². The van der Waals surface area contributed by atoms with Gasteiger partial charge < -0.3 is 24.7 Å². The highest BCUT2D eigenvalue weighted by atomic mass is 16.5. The largest absolute Gasteiger partial charge is 0.385 e. The van der Waals surface area contributed by atoms with E-state index < -0.39 is 23.5 Å². The summed E-state index contributed by atoms with van der Waals surface area (Å²) in [7, 11) is 5.74. The molecule has 1 aliphatic carbocycles. The zero-order chi connectivity index (χ0) is 16.3. The SMILES string of the molecule is CNC(=O)C(O)C(C)(C)COCC(O)C[N+](C)(C)C1CC1. The number of hydrogen-bond donors (Lipinski definition) is 3. The smallest absolute Gasteiger partial charge is 0.249 e. The summed E-state index contributed by atoms with van der Waals surface area (Å²) in [5.74, 6) is -0.421. The molecule has 1 saturated carbocycles. The maximum absolute atomic E-state index is 11.5. The summed E-state index contributed by atoms with van der Waals surface area (Å²) in [4.78, 5) is 11.5. The highest BCUT2D eigenvalue weighted by molar-refractivity contribution is 5.80. The maximum atomic E-state index is 11.5. The van der Waals surface area contributed by atoms with Crippen LogP contribution in [0.3, 0.4) is 0 Å². The lowest BCUT2D eigenvalue weighted by Gasteiger charge is -2.33. The monoisotopic (exact) mass is 303 g/mol. The van der Waals surface area contributed by atoms with Crippen LogP contribution < -0.4 is 5.32 Å². The van der Waals surface area contributed by atoms with Crippen LogP contribution in [0.4, 0.5) is 0 Å². The second-order valence-corrected chi connectivity index (χ2v) is 7.37. The minimum atomic E-state index is -1.13. The Morgan fingerprint density at radius 2 is 1.95 bits per heavy atom. The van der Waals surface area contributed by atoms with Crippen LogP contribution in [0.2, 0.25) is 0 Å². The number of nitrogens with zero attached hydrogens (tertiary/aromatic N) is 1. The lowest BCUT2D eigenvalue weighted by atomic mass is 9.87. The zero-order valence-corrected chi connectivity index (χ0v) is 13.9. The Kier molecular flexibility index (Phi) is 6.16. The number of aliphatic hydroxyl groups excluding tert-OH is 2. The standard InChI is InChI=1S/C15H30N2O4/c1-15(2,13(19)14(20)16-3)10-21-9-12(18)8-17(4,5)11-6-7-11/h11-13,18-19H,6-10H2,1-5H3/p+1. The van der Waals surface area contributed by atoms with E-state index in [1.807, 2.05) is 0 Å². The molecule has 0 saturated heterocycles. The topological polar surface area (TPSA) is 78.8 Å². The average molecular weight is 303 g/mol. The molecule has 6 nitrogen and oxygen atoms in total. The van der Waals surface area contributed by atoms with Crippen LogP contribution in [-0.2, 0) is 9.53 Å². The predicted molar refractivity (Wildman–Crippen MR) is 80.7 cm³/mol. The molecule has 6 heteroatoms. The number of rotatable bonds is 9. The predicted octanol–water partition coefficient (Wildman–Crippen LogP) is -0.264. The summed E-state index contributed by atoms with van der Waals surface area (Å²) >= 11 is 0. The zero-order valence-electron chi connectivity index (χ0n) is 13.9. The van der Waals surface area contributed by atoms with E-state index in [9.17, 15) is 15.0 Å². The first kappa shape index (κ1) is 18.4. The first-order valence-corrected chi connectivity index (χ1v) is 7.58. The van der Waals surface area contributed by atoms with Crippen molar-refractivity contribution in [2.75, 3.05) is 40.9 Å².